The van der Waals surface area contributed by atoms with E-state index in [9.17, 15) is 9.59 Å². The van der Waals surface area contributed by atoms with Gasteiger partial charge in [0.2, 0.25) is 0 Å². The molecule has 1 aromatic heterocycles. The SMILES string of the molecule is CCOC(=O)[C@H]1CCCN(C(=O)c2c(C)c(C)c(C)n2Cc2cccc(C)c2)C1. The second-order valence-corrected chi connectivity index (χ2v) is 8.10. The Kier molecular flexibility index (Phi) is 6.46. The number of amides is 1. The van der Waals surface area contributed by atoms with Gasteiger partial charge in [0.1, 0.15) is 5.69 Å². The van der Waals surface area contributed by atoms with Crippen LogP contribution < -0.4 is 0 Å². The molecule has 5 nitrogen and oxygen atoms in total. The quantitative estimate of drug-likeness (QED) is 0.712. The second kappa shape index (κ2) is 8.85. The lowest BCUT2D eigenvalue weighted by Crippen LogP contribution is -2.43. The molecule has 0 bridgehead atoms. The molecule has 0 radical (unpaired) electrons. The number of nitrogens with zero attached hydrogens (tertiary/aromatic N) is 2. The summed E-state index contributed by atoms with van der Waals surface area (Å²) >= 11 is 0. The number of hydrogen-bond donors (Lipinski definition) is 0. The van der Waals surface area contributed by atoms with E-state index in [0.717, 1.165) is 35.4 Å². The first-order valence-electron chi connectivity index (χ1n) is 10.5. The Bertz CT molecular complexity index is 913. The predicted octanol–water partition coefficient (Wildman–Crippen LogP) is 4.19. The van der Waals surface area contributed by atoms with Gasteiger partial charge in [-0.1, -0.05) is 29.8 Å². The van der Waals surface area contributed by atoms with Crippen molar-refractivity contribution in [2.45, 2.75) is 54.0 Å². The van der Waals surface area contributed by atoms with Gasteiger partial charge < -0.3 is 14.2 Å². The molecule has 5 heteroatoms. The summed E-state index contributed by atoms with van der Waals surface area (Å²) in [7, 11) is 0. The van der Waals surface area contributed by atoms with E-state index in [1.54, 1.807) is 0 Å². The number of carbonyl (C=O) groups excluding carboxylic acids is 2. The number of likely N-dealkylation sites (tertiary alicyclic amines) is 1. The van der Waals surface area contributed by atoms with E-state index in [1.807, 2.05) is 18.7 Å². The Balaban J connectivity index is 1.90. The maximum atomic E-state index is 13.5. The molecule has 29 heavy (non-hydrogen) atoms. The van der Waals surface area contributed by atoms with Gasteiger partial charge in [-0.2, -0.15) is 0 Å². The summed E-state index contributed by atoms with van der Waals surface area (Å²) in [6.45, 7) is 12.2. The maximum Gasteiger partial charge on any atom is 0.310 e. The molecule has 0 unspecified atom stereocenters. The van der Waals surface area contributed by atoms with E-state index in [4.69, 9.17) is 4.74 Å². The lowest BCUT2D eigenvalue weighted by atomic mass is 9.97. The summed E-state index contributed by atoms with van der Waals surface area (Å²) in [5.74, 6) is -0.403. The zero-order valence-corrected chi connectivity index (χ0v) is 18.2. The van der Waals surface area contributed by atoms with Crippen molar-refractivity contribution in [3.8, 4) is 0 Å². The van der Waals surface area contributed by atoms with Crippen LogP contribution in [0.3, 0.4) is 0 Å². The number of aryl methyl sites for hydroxylation is 1. The van der Waals surface area contributed by atoms with Crippen molar-refractivity contribution < 1.29 is 14.3 Å². The van der Waals surface area contributed by atoms with E-state index in [2.05, 4.69) is 49.6 Å². The number of ether oxygens (including phenoxy) is 1. The number of aromatic nitrogens is 1. The average molecular weight is 397 g/mol. The number of carbonyl (C=O) groups is 2. The lowest BCUT2D eigenvalue weighted by molar-refractivity contribution is -0.149. The Morgan fingerprint density at radius 2 is 1.90 bits per heavy atom. The minimum atomic E-state index is -0.227. The maximum absolute atomic E-state index is 13.5. The smallest absolute Gasteiger partial charge is 0.310 e. The van der Waals surface area contributed by atoms with Crippen molar-refractivity contribution in [1.82, 2.24) is 9.47 Å². The molecule has 0 saturated carbocycles. The first-order valence-corrected chi connectivity index (χ1v) is 10.5. The van der Waals surface area contributed by atoms with Crippen LogP contribution in [0, 0.1) is 33.6 Å². The van der Waals surface area contributed by atoms with Crippen LogP contribution in [0.1, 0.15) is 58.2 Å². The van der Waals surface area contributed by atoms with Crippen LogP contribution in [0.25, 0.3) is 0 Å². The van der Waals surface area contributed by atoms with Gasteiger partial charge in [-0.15, -0.1) is 0 Å². The zero-order chi connectivity index (χ0) is 21.1. The van der Waals surface area contributed by atoms with E-state index < -0.39 is 0 Å². The van der Waals surface area contributed by atoms with Crippen molar-refractivity contribution in [3.63, 3.8) is 0 Å². The van der Waals surface area contributed by atoms with Crippen LogP contribution in [-0.2, 0) is 16.1 Å². The Hall–Kier alpha value is -2.56. The van der Waals surface area contributed by atoms with Gasteiger partial charge in [-0.3, -0.25) is 9.59 Å². The molecule has 1 aliphatic rings. The third-order valence-electron chi connectivity index (χ3n) is 6.09. The van der Waals surface area contributed by atoms with Crippen molar-refractivity contribution in [1.29, 1.82) is 0 Å². The molecule has 156 valence electrons. The largest absolute Gasteiger partial charge is 0.466 e. The highest BCUT2D eigenvalue weighted by atomic mass is 16.5. The minimum Gasteiger partial charge on any atom is -0.466 e. The second-order valence-electron chi connectivity index (χ2n) is 8.10. The Labute approximate surface area is 173 Å². The van der Waals surface area contributed by atoms with Gasteiger partial charge in [-0.05, 0) is 64.2 Å². The van der Waals surface area contributed by atoms with Crippen molar-refractivity contribution in [2.24, 2.45) is 5.92 Å². The standard InChI is InChI=1S/C24H32N2O3/c1-6-29-24(28)21-11-8-12-25(15-21)23(27)22-18(4)17(3)19(5)26(22)14-20-10-7-9-16(2)13-20/h7,9-10,13,21H,6,8,11-12,14-15H2,1-5H3/t21-/m0/s1. The fourth-order valence-corrected chi connectivity index (χ4v) is 4.25. The number of benzene rings is 1. The molecule has 1 amide bonds. The zero-order valence-electron chi connectivity index (χ0n) is 18.2. The molecule has 0 N–H and O–H groups in total. The van der Waals surface area contributed by atoms with Crippen molar-refractivity contribution in [2.75, 3.05) is 19.7 Å². The van der Waals surface area contributed by atoms with Gasteiger partial charge in [0.05, 0.1) is 12.5 Å². The van der Waals surface area contributed by atoms with Gasteiger partial charge in [0.15, 0.2) is 0 Å². The highest BCUT2D eigenvalue weighted by Crippen LogP contribution is 2.27. The third-order valence-corrected chi connectivity index (χ3v) is 6.09. The molecule has 1 fully saturated rings. The molecule has 2 aromatic rings. The van der Waals surface area contributed by atoms with Gasteiger partial charge in [0.25, 0.3) is 5.91 Å². The summed E-state index contributed by atoms with van der Waals surface area (Å²) < 4.78 is 7.33. The summed E-state index contributed by atoms with van der Waals surface area (Å²) in [5.41, 5.74) is 6.43. The fraction of sp³-hybridized carbons (Fsp3) is 0.500. The van der Waals surface area contributed by atoms with Crippen LogP contribution in [0.15, 0.2) is 24.3 Å². The first-order chi connectivity index (χ1) is 13.8. The molecular formula is C24H32N2O3. The lowest BCUT2D eigenvalue weighted by Gasteiger charge is -2.32. The predicted molar refractivity (Wildman–Crippen MR) is 114 cm³/mol. The molecule has 1 aromatic carbocycles. The topological polar surface area (TPSA) is 51.5 Å². The third kappa shape index (κ3) is 4.39. The van der Waals surface area contributed by atoms with Crippen molar-refractivity contribution >= 4 is 11.9 Å². The average Bonchev–Trinajstić information content (AvgIpc) is 2.91. The summed E-state index contributed by atoms with van der Waals surface area (Å²) in [5, 5.41) is 0. The normalized spacial score (nSPS) is 16.7. The molecule has 1 atom stereocenters. The van der Waals surface area contributed by atoms with Crippen LogP contribution >= 0.6 is 0 Å². The van der Waals surface area contributed by atoms with Crippen LogP contribution in [0.5, 0.6) is 0 Å². The molecule has 1 aliphatic heterocycles. The van der Waals surface area contributed by atoms with E-state index in [1.165, 1.54) is 11.1 Å². The molecular weight excluding hydrogens is 364 g/mol. The fourth-order valence-electron chi connectivity index (χ4n) is 4.25. The Morgan fingerprint density at radius 1 is 1.14 bits per heavy atom. The summed E-state index contributed by atoms with van der Waals surface area (Å²) in [4.78, 5) is 27.6. The van der Waals surface area contributed by atoms with Gasteiger partial charge >= 0.3 is 5.97 Å². The van der Waals surface area contributed by atoms with Gasteiger partial charge in [0, 0.05) is 25.3 Å². The summed E-state index contributed by atoms with van der Waals surface area (Å²) in [6.07, 6.45) is 1.61. The summed E-state index contributed by atoms with van der Waals surface area (Å²) in [6, 6.07) is 8.40. The van der Waals surface area contributed by atoms with Crippen LogP contribution in [-0.4, -0.2) is 41.0 Å². The van der Waals surface area contributed by atoms with Crippen LogP contribution in [0.4, 0.5) is 0 Å². The molecule has 0 aliphatic carbocycles. The first kappa shape index (κ1) is 21.2. The van der Waals surface area contributed by atoms with E-state index in [-0.39, 0.29) is 17.8 Å². The number of piperidine rings is 1. The Morgan fingerprint density at radius 3 is 2.59 bits per heavy atom. The monoisotopic (exact) mass is 396 g/mol. The molecule has 1 saturated heterocycles. The molecule has 2 heterocycles. The number of hydrogen-bond acceptors (Lipinski definition) is 3. The highest BCUT2D eigenvalue weighted by molar-refractivity contribution is 5.95. The van der Waals surface area contributed by atoms with E-state index >= 15 is 0 Å². The number of rotatable bonds is 5. The minimum absolute atomic E-state index is 0.0142. The van der Waals surface area contributed by atoms with Crippen molar-refractivity contribution in [3.05, 3.63) is 57.9 Å². The molecule has 3 rings (SSSR count). The van der Waals surface area contributed by atoms with E-state index in [0.29, 0.717) is 26.2 Å². The highest BCUT2D eigenvalue weighted by Gasteiger charge is 2.32. The van der Waals surface area contributed by atoms with Crippen LogP contribution in [0.2, 0.25) is 0 Å². The number of esters is 1. The molecule has 0 spiro atoms. The van der Waals surface area contributed by atoms with Gasteiger partial charge in [-0.25, -0.2) is 0 Å².